The lowest BCUT2D eigenvalue weighted by Gasteiger charge is -1.85. The van der Waals surface area contributed by atoms with Gasteiger partial charge in [-0.05, 0) is 26.8 Å². The number of hydrogen-bond donors (Lipinski definition) is 0. The highest BCUT2D eigenvalue weighted by Gasteiger charge is 1.77. The van der Waals surface area contributed by atoms with E-state index in [0.717, 1.165) is 5.71 Å². The summed E-state index contributed by atoms with van der Waals surface area (Å²) in [4.78, 5) is 3.99. The van der Waals surface area contributed by atoms with Gasteiger partial charge >= 0.3 is 0 Å². The molecule has 0 N–H and O–H groups in total. The van der Waals surface area contributed by atoms with E-state index in [2.05, 4.69) is 25.4 Å². The molecule has 0 aliphatic rings. The molecule has 0 spiro atoms. The van der Waals surface area contributed by atoms with Crippen LogP contribution in [0.4, 0.5) is 0 Å². The first kappa shape index (κ1) is 9.89. The van der Waals surface area contributed by atoms with Crippen molar-refractivity contribution in [2.45, 2.75) is 20.8 Å². The predicted molar refractivity (Wildman–Crippen MR) is 51.9 cm³/mol. The Morgan fingerprint density at radius 1 is 1.27 bits per heavy atom. The van der Waals surface area contributed by atoms with Crippen molar-refractivity contribution < 1.29 is 0 Å². The van der Waals surface area contributed by atoms with Gasteiger partial charge in [0.15, 0.2) is 0 Å². The van der Waals surface area contributed by atoms with Crippen LogP contribution in [-0.4, -0.2) is 5.71 Å². The Labute approximate surface area is 68.9 Å². The molecule has 0 aromatic heterocycles. The van der Waals surface area contributed by atoms with Crippen LogP contribution in [0.3, 0.4) is 0 Å². The number of nitrogens with zero attached hydrogens (tertiary/aromatic N) is 1. The third-order valence-corrected chi connectivity index (χ3v) is 1.06. The summed E-state index contributed by atoms with van der Waals surface area (Å²) in [6.07, 6.45) is 7.52. The van der Waals surface area contributed by atoms with E-state index < -0.39 is 0 Å². The Balaban J connectivity index is 4.03. The molecule has 0 rings (SSSR count). The molecule has 60 valence electrons. The Hall–Kier alpha value is -1.11. The van der Waals surface area contributed by atoms with Crippen molar-refractivity contribution in [3.05, 3.63) is 36.6 Å². The molecule has 11 heavy (non-hydrogen) atoms. The van der Waals surface area contributed by atoms with Gasteiger partial charge < -0.3 is 0 Å². The van der Waals surface area contributed by atoms with Crippen LogP contribution in [-0.2, 0) is 0 Å². The molecule has 0 heterocycles. The predicted octanol–water partition coefficient (Wildman–Crippen LogP) is 3.11. The van der Waals surface area contributed by atoms with Crippen molar-refractivity contribution in [2.75, 3.05) is 0 Å². The molecule has 0 bridgehead atoms. The minimum atomic E-state index is 0.970. The summed E-state index contributed by atoms with van der Waals surface area (Å²) in [6, 6.07) is 0. The van der Waals surface area contributed by atoms with Crippen LogP contribution in [0.2, 0.25) is 0 Å². The molecule has 0 atom stereocenters. The van der Waals surface area contributed by atoms with Crippen molar-refractivity contribution in [3.8, 4) is 0 Å². The second-order valence-electron chi connectivity index (χ2n) is 2.56. The van der Waals surface area contributed by atoms with Gasteiger partial charge in [0.2, 0.25) is 0 Å². The van der Waals surface area contributed by atoms with Crippen molar-refractivity contribution in [1.29, 1.82) is 0 Å². The van der Waals surface area contributed by atoms with E-state index in [-0.39, 0.29) is 0 Å². The van der Waals surface area contributed by atoms with Crippen LogP contribution in [0, 0.1) is 0 Å². The third kappa shape index (κ3) is 6.78. The average molecular weight is 149 g/mol. The van der Waals surface area contributed by atoms with Gasteiger partial charge in [-0.15, -0.1) is 0 Å². The Bertz CT molecular complexity index is 203. The standard InChI is InChI=1S/C10H15N/c1-5-11-10(4)8-6-7-9(2)3/h5-8H,1H2,2-4H3/b8-6-,11-10?. The molecular formula is C10H15N. The third-order valence-electron chi connectivity index (χ3n) is 1.06. The topological polar surface area (TPSA) is 12.4 Å². The molecule has 0 aromatic rings. The first-order chi connectivity index (χ1) is 5.16. The molecule has 0 unspecified atom stereocenters. The van der Waals surface area contributed by atoms with E-state index in [4.69, 9.17) is 0 Å². The number of hydrogen-bond acceptors (Lipinski definition) is 1. The number of allylic oxidation sites excluding steroid dienone is 4. The van der Waals surface area contributed by atoms with Crippen molar-refractivity contribution in [1.82, 2.24) is 0 Å². The maximum absolute atomic E-state index is 3.99. The monoisotopic (exact) mass is 149 g/mol. The first-order valence-electron chi connectivity index (χ1n) is 3.63. The van der Waals surface area contributed by atoms with Gasteiger partial charge in [0.1, 0.15) is 0 Å². The fraction of sp³-hybridized carbons (Fsp3) is 0.300. The summed E-state index contributed by atoms with van der Waals surface area (Å²) in [5.74, 6) is 0. The van der Waals surface area contributed by atoms with Gasteiger partial charge in [0, 0.05) is 11.9 Å². The molecule has 0 amide bonds. The fourth-order valence-corrected chi connectivity index (χ4v) is 0.567. The highest BCUT2D eigenvalue weighted by Crippen LogP contribution is 1.90. The van der Waals surface area contributed by atoms with Crippen molar-refractivity contribution in [2.24, 2.45) is 4.99 Å². The molecule has 0 radical (unpaired) electrons. The summed E-state index contributed by atoms with van der Waals surface area (Å²) in [7, 11) is 0. The Morgan fingerprint density at radius 3 is 2.36 bits per heavy atom. The summed E-state index contributed by atoms with van der Waals surface area (Å²) in [5, 5.41) is 0. The van der Waals surface area contributed by atoms with Crippen LogP contribution < -0.4 is 0 Å². The molecule has 0 aromatic carbocycles. The van der Waals surface area contributed by atoms with Gasteiger partial charge in [-0.25, -0.2) is 0 Å². The van der Waals surface area contributed by atoms with Crippen molar-refractivity contribution >= 4 is 5.71 Å². The number of aliphatic imine (C=N–C) groups is 1. The zero-order valence-electron chi connectivity index (χ0n) is 7.46. The molecule has 0 saturated heterocycles. The molecule has 0 saturated carbocycles. The Morgan fingerprint density at radius 2 is 1.91 bits per heavy atom. The highest BCUT2D eigenvalue weighted by atomic mass is 14.7. The van der Waals surface area contributed by atoms with Gasteiger partial charge in [-0.2, -0.15) is 0 Å². The molecule has 0 fully saturated rings. The second kappa shape index (κ2) is 5.66. The molecule has 0 aliphatic carbocycles. The Kier molecular flexibility index (Phi) is 5.09. The van der Waals surface area contributed by atoms with E-state index in [1.54, 1.807) is 6.20 Å². The van der Waals surface area contributed by atoms with Gasteiger partial charge in [-0.1, -0.05) is 24.3 Å². The van der Waals surface area contributed by atoms with Crippen LogP contribution >= 0.6 is 0 Å². The maximum Gasteiger partial charge on any atom is 0.0372 e. The largest absolute Gasteiger partial charge is 0.262 e. The van der Waals surface area contributed by atoms with E-state index >= 15 is 0 Å². The fourth-order valence-electron chi connectivity index (χ4n) is 0.567. The zero-order chi connectivity index (χ0) is 8.69. The van der Waals surface area contributed by atoms with E-state index in [9.17, 15) is 0 Å². The van der Waals surface area contributed by atoms with Gasteiger partial charge in [0.05, 0.1) is 0 Å². The minimum absolute atomic E-state index is 0.970. The highest BCUT2D eigenvalue weighted by molar-refractivity contribution is 5.93. The summed E-state index contributed by atoms with van der Waals surface area (Å²) >= 11 is 0. The molecule has 1 heteroatoms. The van der Waals surface area contributed by atoms with Crippen LogP contribution in [0.5, 0.6) is 0 Å². The summed E-state index contributed by atoms with van der Waals surface area (Å²) < 4.78 is 0. The van der Waals surface area contributed by atoms with Gasteiger partial charge in [-0.3, -0.25) is 4.99 Å². The molecule has 0 aliphatic heterocycles. The SMILES string of the molecule is C=CN=C(C)/C=C\C=C(C)C. The molecule has 1 nitrogen and oxygen atoms in total. The summed E-state index contributed by atoms with van der Waals surface area (Å²) in [5.41, 5.74) is 2.25. The maximum atomic E-state index is 3.99. The summed E-state index contributed by atoms with van der Waals surface area (Å²) in [6.45, 7) is 9.57. The van der Waals surface area contributed by atoms with Crippen LogP contribution in [0.25, 0.3) is 0 Å². The lowest BCUT2D eigenvalue weighted by Crippen LogP contribution is -1.80. The van der Waals surface area contributed by atoms with E-state index in [1.807, 2.05) is 25.2 Å². The quantitative estimate of drug-likeness (QED) is 0.432. The zero-order valence-corrected chi connectivity index (χ0v) is 7.46. The van der Waals surface area contributed by atoms with Crippen LogP contribution in [0.1, 0.15) is 20.8 Å². The van der Waals surface area contributed by atoms with E-state index in [0.29, 0.717) is 0 Å². The van der Waals surface area contributed by atoms with E-state index in [1.165, 1.54) is 5.57 Å². The minimum Gasteiger partial charge on any atom is -0.262 e. The molecular weight excluding hydrogens is 134 g/mol. The second-order valence-corrected chi connectivity index (χ2v) is 2.56. The first-order valence-corrected chi connectivity index (χ1v) is 3.63. The lowest BCUT2D eigenvalue weighted by atomic mass is 10.3. The average Bonchev–Trinajstić information content (AvgIpc) is 1.87. The normalized spacial score (nSPS) is 11.7. The number of rotatable bonds is 3. The smallest absolute Gasteiger partial charge is 0.0372 e. The van der Waals surface area contributed by atoms with Gasteiger partial charge in [0.25, 0.3) is 0 Å². The van der Waals surface area contributed by atoms with Crippen molar-refractivity contribution in [3.63, 3.8) is 0 Å². The lowest BCUT2D eigenvalue weighted by molar-refractivity contribution is 1.39. The van der Waals surface area contributed by atoms with Crippen LogP contribution in [0.15, 0.2) is 41.6 Å².